The van der Waals surface area contributed by atoms with Crippen molar-refractivity contribution in [3.8, 4) is 56.4 Å². The summed E-state index contributed by atoms with van der Waals surface area (Å²) in [5.41, 5.74) is 10.7. The summed E-state index contributed by atoms with van der Waals surface area (Å²) in [4.78, 5) is 20.8. The highest BCUT2D eigenvalue weighted by Gasteiger charge is 2.17. The summed E-state index contributed by atoms with van der Waals surface area (Å²) in [6.07, 6.45) is 0. The van der Waals surface area contributed by atoms with Crippen molar-refractivity contribution in [1.29, 1.82) is 0 Å². The van der Waals surface area contributed by atoms with E-state index in [0.29, 0.717) is 5.82 Å². The number of aromatic nitrogens is 4. The van der Waals surface area contributed by atoms with Crippen LogP contribution in [0.4, 0.5) is 0 Å². The Kier molecular flexibility index (Phi) is 7.46. The molecule has 0 radical (unpaired) electrons. The largest absolute Gasteiger partial charge is 0.248 e. The Labute approximate surface area is 323 Å². The van der Waals surface area contributed by atoms with Crippen molar-refractivity contribution in [1.82, 2.24) is 19.9 Å². The van der Waals surface area contributed by atoms with E-state index in [9.17, 15) is 0 Å². The van der Waals surface area contributed by atoms with Crippen molar-refractivity contribution in [2.45, 2.75) is 0 Å². The van der Waals surface area contributed by atoms with Crippen molar-refractivity contribution in [2.24, 2.45) is 0 Å². The number of rotatable bonds is 5. The van der Waals surface area contributed by atoms with Gasteiger partial charge in [0, 0.05) is 44.0 Å². The van der Waals surface area contributed by atoms with Crippen LogP contribution in [0.2, 0.25) is 0 Å². The minimum atomic E-state index is 0.691. The van der Waals surface area contributed by atoms with E-state index in [1.54, 1.807) is 0 Å². The third-order valence-corrected chi connectivity index (χ3v) is 10.8. The Hall–Kier alpha value is -7.56. The first-order chi connectivity index (χ1) is 27.7. The van der Waals surface area contributed by atoms with Crippen LogP contribution in [0.1, 0.15) is 0 Å². The van der Waals surface area contributed by atoms with Crippen molar-refractivity contribution in [2.75, 3.05) is 0 Å². The van der Waals surface area contributed by atoms with Gasteiger partial charge in [-0.05, 0) is 69.4 Å². The van der Waals surface area contributed by atoms with E-state index in [2.05, 4.69) is 188 Å². The first-order valence-corrected chi connectivity index (χ1v) is 18.9. The number of para-hydroxylation sites is 1. The van der Waals surface area contributed by atoms with Gasteiger partial charge in [0.05, 0.1) is 33.8 Å². The van der Waals surface area contributed by atoms with Crippen molar-refractivity contribution in [3.05, 3.63) is 194 Å². The van der Waals surface area contributed by atoms with E-state index < -0.39 is 0 Å². The zero-order valence-electron chi connectivity index (χ0n) is 30.3. The summed E-state index contributed by atoms with van der Waals surface area (Å²) in [6.45, 7) is 0. The van der Waals surface area contributed by atoms with Gasteiger partial charge in [-0.15, -0.1) is 0 Å². The first-order valence-electron chi connectivity index (χ1n) is 18.9. The maximum absolute atomic E-state index is 5.31. The monoisotopic (exact) mass is 712 g/mol. The molecule has 4 heteroatoms. The molecule has 8 aromatic carbocycles. The second-order valence-corrected chi connectivity index (χ2v) is 14.3. The Morgan fingerprint density at radius 3 is 1.59 bits per heavy atom. The van der Waals surface area contributed by atoms with Gasteiger partial charge in [0.25, 0.3) is 0 Å². The number of benzene rings is 8. The molecule has 0 aliphatic carbocycles. The Morgan fingerprint density at radius 2 is 0.821 bits per heavy atom. The molecule has 4 nitrogen and oxygen atoms in total. The molecule has 0 unspecified atom stereocenters. The standard InChI is InChI=1S/C52H32N4/c1-2-12-35(13-3-1)45-28-27-44-47(53-45)29-26-43-42-16-8-9-17-46(42)54-51(50(43)44)37-22-20-36(21-23-37)48-32-49(40-24-18-33-10-4-6-14-38(33)30-40)56-52(55-48)41-25-19-34-11-5-7-15-39(34)31-41/h1-32H. The minimum Gasteiger partial charge on any atom is -0.248 e. The number of hydrogen-bond donors (Lipinski definition) is 0. The van der Waals surface area contributed by atoms with Crippen LogP contribution in [0.3, 0.4) is 0 Å². The fourth-order valence-corrected chi connectivity index (χ4v) is 7.99. The van der Waals surface area contributed by atoms with E-state index in [1.165, 1.54) is 16.2 Å². The molecular formula is C52H32N4. The third kappa shape index (κ3) is 5.55. The molecule has 0 N–H and O–H groups in total. The van der Waals surface area contributed by atoms with Crippen LogP contribution >= 0.6 is 0 Å². The van der Waals surface area contributed by atoms with E-state index in [-0.39, 0.29) is 0 Å². The molecule has 0 atom stereocenters. The Morgan fingerprint density at radius 1 is 0.268 bits per heavy atom. The number of fused-ring (bicyclic) bond motifs is 7. The molecule has 260 valence electrons. The smallest absolute Gasteiger partial charge is 0.160 e. The topological polar surface area (TPSA) is 51.6 Å². The van der Waals surface area contributed by atoms with Gasteiger partial charge in [0.1, 0.15) is 0 Å². The van der Waals surface area contributed by atoms with Gasteiger partial charge in [0.15, 0.2) is 5.82 Å². The Bertz CT molecular complexity index is 3200. The molecule has 0 saturated carbocycles. The van der Waals surface area contributed by atoms with Crippen molar-refractivity contribution in [3.63, 3.8) is 0 Å². The highest BCUT2D eigenvalue weighted by atomic mass is 14.9. The van der Waals surface area contributed by atoms with Crippen LogP contribution in [0, 0.1) is 0 Å². The maximum Gasteiger partial charge on any atom is 0.160 e. The van der Waals surface area contributed by atoms with E-state index in [4.69, 9.17) is 19.9 Å². The lowest BCUT2D eigenvalue weighted by atomic mass is 9.95. The Balaban J connectivity index is 1.06. The molecule has 11 aromatic rings. The molecule has 11 rings (SSSR count). The number of nitrogens with zero attached hydrogens (tertiary/aromatic N) is 4. The summed E-state index contributed by atoms with van der Waals surface area (Å²) in [6, 6.07) is 68.0. The molecule has 0 bridgehead atoms. The molecule has 0 spiro atoms. The van der Waals surface area contributed by atoms with E-state index >= 15 is 0 Å². The van der Waals surface area contributed by atoms with Gasteiger partial charge in [0.2, 0.25) is 0 Å². The highest BCUT2D eigenvalue weighted by Crippen LogP contribution is 2.39. The average molecular weight is 713 g/mol. The van der Waals surface area contributed by atoms with Crippen LogP contribution in [0.5, 0.6) is 0 Å². The van der Waals surface area contributed by atoms with E-state index in [1.807, 2.05) is 6.07 Å². The van der Waals surface area contributed by atoms with Crippen molar-refractivity contribution >= 4 is 54.1 Å². The maximum atomic E-state index is 5.31. The second kappa shape index (κ2) is 13.1. The lowest BCUT2D eigenvalue weighted by Crippen LogP contribution is -1.96. The quantitative estimate of drug-likeness (QED) is 0.167. The summed E-state index contributed by atoms with van der Waals surface area (Å²) < 4.78 is 0. The average Bonchev–Trinajstić information content (AvgIpc) is 3.28. The summed E-state index contributed by atoms with van der Waals surface area (Å²) in [5.74, 6) is 0.691. The van der Waals surface area contributed by atoms with Crippen molar-refractivity contribution < 1.29 is 0 Å². The lowest BCUT2D eigenvalue weighted by Gasteiger charge is -2.14. The predicted molar refractivity (Wildman–Crippen MR) is 232 cm³/mol. The molecule has 56 heavy (non-hydrogen) atoms. The van der Waals surface area contributed by atoms with Crippen LogP contribution < -0.4 is 0 Å². The van der Waals surface area contributed by atoms with Gasteiger partial charge in [-0.1, -0.05) is 152 Å². The molecule has 3 heterocycles. The summed E-state index contributed by atoms with van der Waals surface area (Å²) in [7, 11) is 0. The van der Waals surface area contributed by atoms with Crippen LogP contribution in [-0.4, -0.2) is 19.9 Å². The normalized spacial score (nSPS) is 11.6. The molecule has 0 fully saturated rings. The van der Waals surface area contributed by atoms with Gasteiger partial charge in [-0.25, -0.2) is 19.9 Å². The summed E-state index contributed by atoms with van der Waals surface area (Å²) in [5, 5.41) is 9.18. The molecule has 0 amide bonds. The van der Waals surface area contributed by atoms with E-state index in [0.717, 1.165) is 88.6 Å². The highest BCUT2D eigenvalue weighted by molar-refractivity contribution is 6.20. The first kappa shape index (κ1) is 31.9. The zero-order chi connectivity index (χ0) is 37.0. The molecular weight excluding hydrogens is 681 g/mol. The van der Waals surface area contributed by atoms with Crippen LogP contribution in [0.15, 0.2) is 194 Å². The zero-order valence-corrected chi connectivity index (χ0v) is 30.3. The van der Waals surface area contributed by atoms with Crippen LogP contribution in [-0.2, 0) is 0 Å². The minimum absolute atomic E-state index is 0.691. The fourth-order valence-electron chi connectivity index (χ4n) is 7.99. The molecule has 3 aromatic heterocycles. The van der Waals surface area contributed by atoms with Gasteiger partial charge >= 0.3 is 0 Å². The lowest BCUT2D eigenvalue weighted by molar-refractivity contribution is 1.18. The fraction of sp³-hybridized carbons (Fsp3) is 0. The summed E-state index contributed by atoms with van der Waals surface area (Å²) >= 11 is 0. The number of pyridine rings is 2. The van der Waals surface area contributed by atoms with Gasteiger partial charge in [-0.3, -0.25) is 0 Å². The third-order valence-electron chi connectivity index (χ3n) is 10.8. The van der Waals surface area contributed by atoms with Crippen LogP contribution in [0.25, 0.3) is 111 Å². The molecule has 0 saturated heterocycles. The molecule has 0 aliphatic rings. The SMILES string of the molecule is c1ccc(-c2ccc3c(ccc4c5ccccc5nc(-c5ccc(-c6cc(-c7ccc8ccccc8c7)nc(-c7ccc8ccccc8c7)n6)cc5)c34)n2)cc1. The number of hydrogen-bond acceptors (Lipinski definition) is 4. The molecule has 0 aliphatic heterocycles. The van der Waals surface area contributed by atoms with Gasteiger partial charge < -0.3 is 0 Å². The predicted octanol–water partition coefficient (Wildman–Crippen LogP) is 13.4. The second-order valence-electron chi connectivity index (χ2n) is 14.3. The van der Waals surface area contributed by atoms with Gasteiger partial charge in [-0.2, -0.15) is 0 Å².